The van der Waals surface area contributed by atoms with Gasteiger partial charge in [-0.3, -0.25) is 4.90 Å². The smallest absolute Gasteiger partial charge is 0.151 e. The second-order valence-corrected chi connectivity index (χ2v) is 7.73. The molecule has 2 rings (SSSR count). The Hall–Kier alpha value is -0.460. The van der Waals surface area contributed by atoms with Crippen molar-refractivity contribution in [2.75, 3.05) is 18.6 Å². The predicted molar refractivity (Wildman–Crippen MR) is 70.0 cm³/mol. The topological polar surface area (TPSA) is 50.3 Å². The molecule has 0 saturated carbocycles. The molecule has 6 heteroatoms. The summed E-state index contributed by atoms with van der Waals surface area (Å²) in [7, 11) is -0.809. The minimum Gasteiger partial charge on any atom is -0.297 e. The molecule has 1 unspecified atom stereocenters. The molecule has 0 aromatic carbocycles. The maximum Gasteiger partial charge on any atom is 0.151 e. The molecular formula is C11H18N2O2S2. The molecule has 1 aromatic heterocycles. The zero-order valence-electron chi connectivity index (χ0n) is 10.2. The zero-order chi connectivity index (χ0) is 12.5. The highest BCUT2D eigenvalue weighted by Crippen LogP contribution is 2.19. The van der Waals surface area contributed by atoms with Crippen LogP contribution in [0.5, 0.6) is 0 Å². The highest BCUT2D eigenvalue weighted by atomic mass is 32.2. The van der Waals surface area contributed by atoms with Gasteiger partial charge in [-0.05, 0) is 19.9 Å². The van der Waals surface area contributed by atoms with Crippen molar-refractivity contribution in [3.8, 4) is 0 Å². The lowest BCUT2D eigenvalue weighted by Gasteiger charge is -2.21. The van der Waals surface area contributed by atoms with Crippen molar-refractivity contribution in [3.05, 3.63) is 16.1 Å². The van der Waals surface area contributed by atoms with Gasteiger partial charge in [0.2, 0.25) is 0 Å². The molecule has 0 radical (unpaired) electrons. The average molecular weight is 274 g/mol. The minimum absolute atomic E-state index is 0.159. The fourth-order valence-electron chi connectivity index (χ4n) is 2.09. The third-order valence-corrected chi connectivity index (χ3v) is 5.94. The molecule has 0 amide bonds. The van der Waals surface area contributed by atoms with Gasteiger partial charge in [0.15, 0.2) is 9.84 Å². The van der Waals surface area contributed by atoms with Crippen molar-refractivity contribution >= 4 is 21.2 Å². The lowest BCUT2D eigenvalue weighted by atomic mass is 10.2. The number of hydrogen-bond acceptors (Lipinski definition) is 5. The number of aryl methyl sites for hydroxylation is 1. The van der Waals surface area contributed by atoms with Crippen molar-refractivity contribution in [3.63, 3.8) is 0 Å². The second kappa shape index (κ2) is 5.04. The Morgan fingerprint density at radius 2 is 2.35 bits per heavy atom. The van der Waals surface area contributed by atoms with E-state index in [-0.39, 0.29) is 6.04 Å². The maximum atomic E-state index is 11.4. The van der Waals surface area contributed by atoms with Crippen LogP contribution in [0.15, 0.2) is 5.38 Å². The van der Waals surface area contributed by atoms with E-state index in [9.17, 15) is 8.42 Å². The van der Waals surface area contributed by atoms with Crippen molar-refractivity contribution in [1.82, 2.24) is 9.88 Å². The molecule has 0 aliphatic carbocycles. The van der Waals surface area contributed by atoms with Crippen molar-refractivity contribution < 1.29 is 8.42 Å². The molecule has 4 nitrogen and oxygen atoms in total. The molecule has 1 aliphatic heterocycles. The third kappa shape index (κ3) is 3.26. The lowest BCUT2D eigenvalue weighted by molar-refractivity contribution is 0.251. The molecule has 2 heterocycles. The van der Waals surface area contributed by atoms with Crippen LogP contribution in [0.1, 0.15) is 24.0 Å². The number of sulfone groups is 1. The first-order valence-corrected chi connectivity index (χ1v) is 8.54. The van der Waals surface area contributed by atoms with Crippen LogP contribution in [0, 0.1) is 0 Å². The Kier molecular flexibility index (Phi) is 3.85. The van der Waals surface area contributed by atoms with Gasteiger partial charge in [-0.2, -0.15) is 0 Å². The van der Waals surface area contributed by atoms with Crippen molar-refractivity contribution in [2.45, 2.75) is 32.4 Å². The van der Waals surface area contributed by atoms with Crippen LogP contribution in [0.25, 0.3) is 0 Å². The first-order chi connectivity index (χ1) is 8.00. The van der Waals surface area contributed by atoms with E-state index in [4.69, 9.17) is 0 Å². The van der Waals surface area contributed by atoms with Gasteiger partial charge >= 0.3 is 0 Å². The molecular weight excluding hydrogens is 256 g/mol. The van der Waals surface area contributed by atoms with Gasteiger partial charge in [0.25, 0.3) is 0 Å². The van der Waals surface area contributed by atoms with E-state index in [0.29, 0.717) is 11.5 Å². The molecule has 17 heavy (non-hydrogen) atoms. The largest absolute Gasteiger partial charge is 0.297 e. The van der Waals surface area contributed by atoms with Crippen LogP contribution in [0.2, 0.25) is 0 Å². The molecule has 0 spiro atoms. The standard InChI is InChI=1S/C11H18N2O2S2/c1-3-11-12-9(7-16-11)6-13(2)10-4-5-17(14,15)8-10/h7,10H,3-6,8H2,1-2H3. The first-order valence-electron chi connectivity index (χ1n) is 5.84. The van der Waals surface area contributed by atoms with Crippen molar-refractivity contribution in [2.24, 2.45) is 0 Å². The summed E-state index contributed by atoms with van der Waals surface area (Å²) in [6, 6.07) is 0.159. The summed E-state index contributed by atoms with van der Waals surface area (Å²) in [5.74, 6) is 0.632. The highest BCUT2D eigenvalue weighted by molar-refractivity contribution is 7.91. The number of hydrogen-bond donors (Lipinski definition) is 0. The van der Waals surface area contributed by atoms with E-state index in [2.05, 4.69) is 22.2 Å². The van der Waals surface area contributed by atoms with E-state index in [1.165, 1.54) is 0 Å². The lowest BCUT2D eigenvalue weighted by Crippen LogP contribution is -2.32. The molecule has 1 fully saturated rings. The summed E-state index contributed by atoms with van der Waals surface area (Å²) in [6.07, 6.45) is 1.72. The van der Waals surface area contributed by atoms with E-state index < -0.39 is 9.84 Å². The van der Waals surface area contributed by atoms with Gasteiger partial charge in [0.1, 0.15) is 0 Å². The number of thiazole rings is 1. The van der Waals surface area contributed by atoms with Crippen LogP contribution in [0.3, 0.4) is 0 Å². The van der Waals surface area contributed by atoms with E-state index in [1.807, 2.05) is 7.05 Å². The zero-order valence-corrected chi connectivity index (χ0v) is 11.9. The van der Waals surface area contributed by atoms with Gasteiger partial charge in [0.05, 0.1) is 22.2 Å². The van der Waals surface area contributed by atoms with Crippen molar-refractivity contribution in [1.29, 1.82) is 0 Å². The Morgan fingerprint density at radius 3 is 2.88 bits per heavy atom. The Morgan fingerprint density at radius 1 is 1.59 bits per heavy atom. The first kappa shape index (κ1) is 13.0. The Bertz CT molecular complexity index is 481. The Labute approximate surface area is 107 Å². The Balaban J connectivity index is 1.95. The summed E-state index contributed by atoms with van der Waals surface area (Å²) in [5.41, 5.74) is 1.05. The van der Waals surface area contributed by atoms with E-state index >= 15 is 0 Å². The summed E-state index contributed by atoms with van der Waals surface area (Å²) in [4.78, 5) is 6.61. The summed E-state index contributed by atoms with van der Waals surface area (Å²) in [5, 5.41) is 3.21. The predicted octanol–water partition coefficient (Wildman–Crippen LogP) is 1.32. The molecule has 96 valence electrons. The SMILES string of the molecule is CCc1nc(CN(C)C2CCS(=O)(=O)C2)cs1. The maximum absolute atomic E-state index is 11.4. The van der Waals surface area contributed by atoms with Gasteiger partial charge in [-0.15, -0.1) is 11.3 Å². The quantitative estimate of drug-likeness (QED) is 0.831. The van der Waals surface area contributed by atoms with Crippen LogP contribution in [-0.2, 0) is 22.8 Å². The minimum atomic E-state index is -2.79. The average Bonchev–Trinajstić information content (AvgIpc) is 2.84. The molecule has 1 aromatic rings. The fourth-order valence-corrected chi connectivity index (χ4v) is 4.63. The molecule has 1 atom stereocenters. The summed E-state index contributed by atoms with van der Waals surface area (Å²) in [6.45, 7) is 2.84. The number of aromatic nitrogens is 1. The monoisotopic (exact) mass is 274 g/mol. The van der Waals surface area contributed by atoms with Gasteiger partial charge in [0, 0.05) is 18.0 Å². The summed E-state index contributed by atoms with van der Waals surface area (Å²) >= 11 is 1.68. The number of rotatable bonds is 4. The van der Waals surface area contributed by atoms with Gasteiger partial charge < -0.3 is 0 Å². The van der Waals surface area contributed by atoms with Crippen LogP contribution < -0.4 is 0 Å². The molecule has 0 N–H and O–H groups in total. The van der Waals surface area contributed by atoms with Crippen LogP contribution in [-0.4, -0.2) is 42.9 Å². The van der Waals surface area contributed by atoms with Gasteiger partial charge in [-0.25, -0.2) is 13.4 Å². The third-order valence-electron chi connectivity index (χ3n) is 3.14. The van der Waals surface area contributed by atoms with Crippen LogP contribution >= 0.6 is 11.3 Å². The van der Waals surface area contributed by atoms with E-state index in [1.54, 1.807) is 11.3 Å². The molecule has 1 saturated heterocycles. The summed E-state index contributed by atoms with van der Waals surface area (Å²) < 4.78 is 22.8. The number of nitrogens with zero attached hydrogens (tertiary/aromatic N) is 2. The van der Waals surface area contributed by atoms with Gasteiger partial charge in [-0.1, -0.05) is 6.92 Å². The molecule has 1 aliphatic rings. The van der Waals surface area contributed by atoms with E-state index in [0.717, 1.165) is 30.1 Å². The highest BCUT2D eigenvalue weighted by Gasteiger charge is 2.30. The molecule has 0 bridgehead atoms. The fraction of sp³-hybridized carbons (Fsp3) is 0.727. The second-order valence-electron chi connectivity index (χ2n) is 4.56. The normalized spacial score (nSPS) is 23.4. The van der Waals surface area contributed by atoms with Crippen LogP contribution in [0.4, 0.5) is 0 Å².